The van der Waals surface area contributed by atoms with Gasteiger partial charge >= 0.3 is 0 Å². The van der Waals surface area contributed by atoms with E-state index in [1.54, 1.807) is 0 Å². The minimum Gasteiger partial charge on any atom is -0.330 e. The lowest BCUT2D eigenvalue weighted by atomic mass is 10.2. The van der Waals surface area contributed by atoms with E-state index in [1.807, 2.05) is 18.5 Å². The molecule has 0 saturated carbocycles. The van der Waals surface area contributed by atoms with Crippen LogP contribution in [0.2, 0.25) is 0 Å². The molecule has 0 aliphatic heterocycles. The lowest BCUT2D eigenvalue weighted by molar-refractivity contribution is 0.681. The van der Waals surface area contributed by atoms with E-state index in [4.69, 9.17) is 0 Å². The number of hydrogen-bond acceptors (Lipinski definition) is 3. The molecule has 0 amide bonds. The Morgan fingerprint density at radius 3 is 2.78 bits per heavy atom. The lowest BCUT2D eigenvalue weighted by Gasteiger charge is -2.09. The third-order valence-electron chi connectivity index (χ3n) is 2.64. The molecule has 0 N–H and O–H groups in total. The van der Waals surface area contributed by atoms with Crippen LogP contribution in [0, 0.1) is 0 Å². The van der Waals surface area contributed by atoms with E-state index in [-0.39, 0.29) is 0 Å². The van der Waals surface area contributed by atoms with Crippen LogP contribution < -0.4 is 0 Å². The van der Waals surface area contributed by atoms with Gasteiger partial charge in [-0.1, -0.05) is 20.8 Å². The lowest BCUT2D eigenvalue weighted by Crippen LogP contribution is -2.04. The maximum atomic E-state index is 4.59. The van der Waals surface area contributed by atoms with Crippen molar-refractivity contribution in [2.75, 3.05) is 0 Å². The van der Waals surface area contributed by atoms with Crippen LogP contribution in [0.15, 0.2) is 23.1 Å². The summed E-state index contributed by atoms with van der Waals surface area (Å²) >= 11 is 3.44. The van der Waals surface area contributed by atoms with Crippen LogP contribution in [0.3, 0.4) is 0 Å². The fourth-order valence-electron chi connectivity index (χ4n) is 1.77. The molecule has 0 aromatic carbocycles. The van der Waals surface area contributed by atoms with Crippen molar-refractivity contribution in [2.45, 2.75) is 39.7 Å². The molecule has 0 bridgehead atoms. The molecule has 18 heavy (non-hydrogen) atoms. The second-order valence-electron chi connectivity index (χ2n) is 4.53. The smallest absolute Gasteiger partial charge is 0.158 e. The molecule has 5 heteroatoms. The van der Waals surface area contributed by atoms with Gasteiger partial charge in [-0.05, 0) is 22.4 Å². The summed E-state index contributed by atoms with van der Waals surface area (Å²) < 4.78 is 2.93. The van der Waals surface area contributed by atoms with Gasteiger partial charge in [-0.25, -0.2) is 15.0 Å². The molecule has 0 fully saturated rings. The third kappa shape index (κ3) is 2.77. The minimum atomic E-state index is 0.302. The van der Waals surface area contributed by atoms with Crippen LogP contribution in [-0.4, -0.2) is 19.5 Å². The van der Waals surface area contributed by atoms with E-state index in [0.717, 1.165) is 34.9 Å². The molecule has 4 nitrogen and oxygen atoms in total. The Balaban J connectivity index is 2.46. The van der Waals surface area contributed by atoms with Gasteiger partial charge in [0.15, 0.2) is 5.82 Å². The quantitative estimate of drug-likeness (QED) is 0.810. The van der Waals surface area contributed by atoms with Crippen molar-refractivity contribution < 1.29 is 0 Å². The van der Waals surface area contributed by atoms with Gasteiger partial charge in [-0.3, -0.25) is 0 Å². The van der Waals surface area contributed by atoms with Crippen molar-refractivity contribution in [1.82, 2.24) is 19.5 Å². The first-order valence-corrected chi connectivity index (χ1v) is 6.97. The standard InChI is InChI=1S/C13H17BrN4/c1-4-6-18-7-5-15-13(18)10-8-11(14)17-12(16-10)9(2)3/h5,7-9H,4,6H2,1-3H3. The zero-order valence-electron chi connectivity index (χ0n) is 10.9. The number of halogens is 1. The summed E-state index contributed by atoms with van der Waals surface area (Å²) in [5, 5.41) is 0. The molecule has 0 aliphatic carbocycles. The second-order valence-corrected chi connectivity index (χ2v) is 5.35. The molecule has 2 aromatic heterocycles. The average molecular weight is 309 g/mol. The van der Waals surface area contributed by atoms with Crippen molar-refractivity contribution in [3.8, 4) is 11.5 Å². The summed E-state index contributed by atoms with van der Waals surface area (Å²) in [6.45, 7) is 7.28. The topological polar surface area (TPSA) is 43.6 Å². The molecule has 2 aromatic rings. The first kappa shape index (κ1) is 13.2. The van der Waals surface area contributed by atoms with Crippen molar-refractivity contribution in [1.29, 1.82) is 0 Å². The molecule has 0 atom stereocenters. The Labute approximate surface area is 116 Å². The Kier molecular flexibility index (Phi) is 4.11. The van der Waals surface area contributed by atoms with E-state index in [9.17, 15) is 0 Å². The van der Waals surface area contributed by atoms with Crippen LogP contribution >= 0.6 is 15.9 Å². The van der Waals surface area contributed by atoms with Crippen LogP contribution in [0.25, 0.3) is 11.5 Å². The summed E-state index contributed by atoms with van der Waals surface area (Å²) in [6, 6.07) is 1.92. The maximum absolute atomic E-state index is 4.59. The van der Waals surface area contributed by atoms with E-state index in [0.29, 0.717) is 5.92 Å². The molecule has 2 rings (SSSR count). The van der Waals surface area contributed by atoms with Crippen LogP contribution in [-0.2, 0) is 6.54 Å². The average Bonchev–Trinajstić information content (AvgIpc) is 2.77. The van der Waals surface area contributed by atoms with Crippen LogP contribution in [0.5, 0.6) is 0 Å². The van der Waals surface area contributed by atoms with Crippen molar-refractivity contribution in [3.05, 3.63) is 28.9 Å². The molecule has 2 heterocycles. The van der Waals surface area contributed by atoms with Gasteiger partial charge in [-0.2, -0.15) is 0 Å². The Hall–Kier alpha value is -1.23. The number of aromatic nitrogens is 4. The van der Waals surface area contributed by atoms with Crippen molar-refractivity contribution in [3.63, 3.8) is 0 Å². The zero-order valence-corrected chi connectivity index (χ0v) is 12.5. The molecule has 0 saturated heterocycles. The number of aryl methyl sites for hydroxylation is 1. The van der Waals surface area contributed by atoms with Crippen molar-refractivity contribution >= 4 is 15.9 Å². The number of imidazole rings is 1. The summed E-state index contributed by atoms with van der Waals surface area (Å²) in [7, 11) is 0. The molecular formula is C13H17BrN4. The fourth-order valence-corrected chi connectivity index (χ4v) is 2.17. The predicted molar refractivity (Wildman–Crippen MR) is 75.3 cm³/mol. The number of nitrogens with zero attached hydrogens (tertiary/aromatic N) is 4. The van der Waals surface area contributed by atoms with E-state index in [1.165, 1.54) is 0 Å². The molecule has 0 unspecified atom stereocenters. The molecule has 0 spiro atoms. The highest BCUT2D eigenvalue weighted by atomic mass is 79.9. The predicted octanol–water partition coefficient (Wildman–Crippen LogP) is 3.64. The summed E-state index contributed by atoms with van der Waals surface area (Å²) in [5.41, 5.74) is 0.874. The highest BCUT2D eigenvalue weighted by molar-refractivity contribution is 9.10. The van der Waals surface area contributed by atoms with E-state index < -0.39 is 0 Å². The first-order chi connectivity index (χ1) is 8.61. The Morgan fingerprint density at radius 2 is 2.11 bits per heavy atom. The molecular weight excluding hydrogens is 292 g/mol. The van der Waals surface area contributed by atoms with E-state index >= 15 is 0 Å². The van der Waals surface area contributed by atoms with Gasteiger partial charge < -0.3 is 4.57 Å². The summed E-state index contributed by atoms with van der Waals surface area (Å²) in [6.07, 6.45) is 4.88. The maximum Gasteiger partial charge on any atom is 0.158 e. The van der Waals surface area contributed by atoms with Gasteiger partial charge in [0.05, 0.1) is 0 Å². The highest BCUT2D eigenvalue weighted by Gasteiger charge is 2.12. The monoisotopic (exact) mass is 308 g/mol. The zero-order chi connectivity index (χ0) is 13.1. The number of rotatable bonds is 4. The van der Waals surface area contributed by atoms with Crippen molar-refractivity contribution in [2.24, 2.45) is 0 Å². The van der Waals surface area contributed by atoms with Gasteiger partial charge in [0.25, 0.3) is 0 Å². The van der Waals surface area contributed by atoms with Crippen LogP contribution in [0.1, 0.15) is 38.9 Å². The molecule has 96 valence electrons. The van der Waals surface area contributed by atoms with Gasteiger partial charge in [0.1, 0.15) is 16.1 Å². The van der Waals surface area contributed by atoms with Gasteiger partial charge in [0, 0.05) is 30.9 Å². The summed E-state index contributed by atoms with van der Waals surface area (Å²) in [5.74, 6) is 2.04. The Bertz CT molecular complexity index is 534. The molecule has 0 aliphatic rings. The first-order valence-electron chi connectivity index (χ1n) is 6.17. The number of hydrogen-bond donors (Lipinski definition) is 0. The Morgan fingerprint density at radius 1 is 1.33 bits per heavy atom. The largest absolute Gasteiger partial charge is 0.330 e. The third-order valence-corrected chi connectivity index (χ3v) is 3.04. The fraction of sp³-hybridized carbons (Fsp3) is 0.462. The minimum absolute atomic E-state index is 0.302. The van der Waals surface area contributed by atoms with Gasteiger partial charge in [-0.15, -0.1) is 0 Å². The van der Waals surface area contributed by atoms with E-state index in [2.05, 4.69) is 56.2 Å². The molecule has 0 radical (unpaired) electrons. The second kappa shape index (κ2) is 5.61. The van der Waals surface area contributed by atoms with Crippen LogP contribution in [0.4, 0.5) is 0 Å². The normalized spacial score (nSPS) is 11.2. The highest BCUT2D eigenvalue weighted by Crippen LogP contribution is 2.21. The summed E-state index contributed by atoms with van der Waals surface area (Å²) in [4.78, 5) is 13.4. The van der Waals surface area contributed by atoms with Gasteiger partial charge in [0.2, 0.25) is 0 Å². The SMILES string of the molecule is CCCn1ccnc1-c1cc(Br)nc(C(C)C)n1.